The van der Waals surface area contributed by atoms with Crippen LogP contribution in [-0.4, -0.2) is 19.4 Å². The Kier molecular flexibility index (Phi) is 6.61. The number of hydrogen-bond donors (Lipinski definition) is 0. The van der Waals surface area contributed by atoms with Crippen LogP contribution in [0.4, 0.5) is 5.69 Å². The Hall–Kier alpha value is -1.31. The lowest BCUT2D eigenvalue weighted by Crippen LogP contribution is -2.28. The van der Waals surface area contributed by atoms with Crippen LogP contribution in [0.1, 0.15) is 50.9 Å². The van der Waals surface area contributed by atoms with Crippen molar-refractivity contribution in [2.75, 3.05) is 18.0 Å². The number of nitrogens with zero attached hydrogens (tertiary/aromatic N) is 1. The van der Waals surface area contributed by atoms with E-state index in [1.165, 1.54) is 0 Å². The SMILES string of the molecule is CC(C)CCN(CCC(C)C)c1ccccc1C=O. The number of anilines is 1. The van der Waals surface area contributed by atoms with Gasteiger partial charge in [-0.05, 0) is 36.8 Å². The average Bonchev–Trinajstić information content (AvgIpc) is 2.38. The molecule has 0 saturated carbocycles. The first-order chi connectivity index (χ1) is 9.04. The molecule has 0 radical (unpaired) electrons. The number of aldehydes is 1. The second-order valence-electron chi connectivity index (χ2n) is 6.03. The third-order valence-electron chi connectivity index (χ3n) is 3.36. The Labute approximate surface area is 117 Å². The summed E-state index contributed by atoms with van der Waals surface area (Å²) in [7, 11) is 0. The highest BCUT2D eigenvalue weighted by Gasteiger charge is 2.11. The van der Waals surface area contributed by atoms with Crippen LogP contribution in [-0.2, 0) is 0 Å². The van der Waals surface area contributed by atoms with Crippen molar-refractivity contribution in [3.8, 4) is 0 Å². The van der Waals surface area contributed by atoms with Gasteiger partial charge in [0.05, 0.1) is 0 Å². The molecule has 19 heavy (non-hydrogen) atoms. The minimum absolute atomic E-state index is 0.685. The van der Waals surface area contributed by atoms with E-state index in [1.54, 1.807) is 0 Å². The minimum atomic E-state index is 0.685. The van der Waals surface area contributed by atoms with Gasteiger partial charge in [0.15, 0.2) is 6.29 Å². The van der Waals surface area contributed by atoms with Crippen molar-refractivity contribution >= 4 is 12.0 Å². The number of carbonyl (C=O) groups excluding carboxylic acids is 1. The summed E-state index contributed by atoms with van der Waals surface area (Å²) in [6, 6.07) is 7.90. The van der Waals surface area contributed by atoms with Crippen LogP contribution in [0.15, 0.2) is 24.3 Å². The topological polar surface area (TPSA) is 20.3 Å². The maximum Gasteiger partial charge on any atom is 0.152 e. The predicted octanol–water partition coefficient (Wildman–Crippen LogP) is 4.40. The first kappa shape index (κ1) is 15.7. The van der Waals surface area contributed by atoms with Crippen molar-refractivity contribution < 1.29 is 4.79 Å². The van der Waals surface area contributed by atoms with Gasteiger partial charge >= 0.3 is 0 Å². The van der Waals surface area contributed by atoms with Gasteiger partial charge in [-0.1, -0.05) is 39.8 Å². The Morgan fingerprint density at radius 1 is 1.00 bits per heavy atom. The molecule has 1 aromatic carbocycles. The van der Waals surface area contributed by atoms with Gasteiger partial charge in [-0.15, -0.1) is 0 Å². The van der Waals surface area contributed by atoms with Crippen LogP contribution < -0.4 is 4.90 Å². The highest BCUT2D eigenvalue weighted by Crippen LogP contribution is 2.21. The molecule has 0 aliphatic carbocycles. The van der Waals surface area contributed by atoms with Crippen molar-refractivity contribution in [1.82, 2.24) is 0 Å². The van der Waals surface area contributed by atoms with Crippen molar-refractivity contribution in [3.05, 3.63) is 29.8 Å². The number of benzene rings is 1. The molecule has 0 atom stereocenters. The van der Waals surface area contributed by atoms with Gasteiger partial charge in [0.1, 0.15) is 0 Å². The van der Waals surface area contributed by atoms with E-state index in [0.717, 1.165) is 43.5 Å². The van der Waals surface area contributed by atoms with Crippen molar-refractivity contribution in [1.29, 1.82) is 0 Å². The van der Waals surface area contributed by atoms with Gasteiger partial charge in [-0.2, -0.15) is 0 Å². The standard InChI is InChI=1S/C17H27NO/c1-14(2)9-11-18(12-10-15(3)4)17-8-6-5-7-16(17)13-19/h5-8,13-15H,9-12H2,1-4H3. The molecule has 0 unspecified atom stereocenters. The average molecular weight is 261 g/mol. The summed E-state index contributed by atoms with van der Waals surface area (Å²) in [5, 5.41) is 0. The van der Waals surface area contributed by atoms with E-state index in [0.29, 0.717) is 11.8 Å². The lowest BCUT2D eigenvalue weighted by atomic mass is 10.1. The fraction of sp³-hybridized carbons (Fsp3) is 0.588. The largest absolute Gasteiger partial charge is 0.371 e. The van der Waals surface area contributed by atoms with Gasteiger partial charge in [0.25, 0.3) is 0 Å². The van der Waals surface area contributed by atoms with E-state index >= 15 is 0 Å². The Bertz CT molecular complexity index is 373. The molecule has 2 nitrogen and oxygen atoms in total. The zero-order valence-corrected chi connectivity index (χ0v) is 12.7. The zero-order chi connectivity index (χ0) is 14.3. The molecule has 1 aromatic rings. The van der Waals surface area contributed by atoms with Crippen LogP contribution >= 0.6 is 0 Å². The van der Waals surface area contributed by atoms with Gasteiger partial charge < -0.3 is 4.90 Å². The molecule has 0 saturated heterocycles. The maximum absolute atomic E-state index is 11.2. The minimum Gasteiger partial charge on any atom is -0.371 e. The van der Waals surface area contributed by atoms with Crippen molar-refractivity contribution in [3.63, 3.8) is 0 Å². The summed E-state index contributed by atoms with van der Waals surface area (Å²) < 4.78 is 0. The third-order valence-corrected chi connectivity index (χ3v) is 3.36. The molecule has 0 aliphatic heterocycles. The molecule has 0 amide bonds. The first-order valence-corrected chi connectivity index (χ1v) is 7.33. The third kappa shape index (κ3) is 5.46. The van der Waals surface area contributed by atoms with Gasteiger partial charge in [0.2, 0.25) is 0 Å². The lowest BCUT2D eigenvalue weighted by molar-refractivity contribution is 0.112. The van der Waals surface area contributed by atoms with E-state index in [4.69, 9.17) is 0 Å². The lowest BCUT2D eigenvalue weighted by Gasteiger charge is -2.27. The van der Waals surface area contributed by atoms with Gasteiger partial charge in [-0.3, -0.25) is 4.79 Å². The predicted molar refractivity (Wildman–Crippen MR) is 83.0 cm³/mol. The molecule has 0 aliphatic rings. The van der Waals surface area contributed by atoms with Crippen LogP contribution in [0.3, 0.4) is 0 Å². The molecule has 106 valence electrons. The van der Waals surface area contributed by atoms with E-state index in [-0.39, 0.29) is 0 Å². The molecule has 1 rings (SSSR count). The number of carbonyl (C=O) groups is 1. The van der Waals surface area contributed by atoms with Gasteiger partial charge in [-0.25, -0.2) is 0 Å². The fourth-order valence-corrected chi connectivity index (χ4v) is 2.06. The molecule has 2 heteroatoms. The monoisotopic (exact) mass is 261 g/mol. The maximum atomic E-state index is 11.2. The smallest absolute Gasteiger partial charge is 0.152 e. The summed E-state index contributed by atoms with van der Waals surface area (Å²) in [5.74, 6) is 1.37. The van der Waals surface area contributed by atoms with E-state index in [1.807, 2.05) is 18.2 Å². The molecule has 0 spiro atoms. The summed E-state index contributed by atoms with van der Waals surface area (Å²) in [6.07, 6.45) is 3.28. The van der Waals surface area contributed by atoms with Crippen molar-refractivity contribution in [2.24, 2.45) is 11.8 Å². The van der Waals surface area contributed by atoms with Crippen LogP contribution in [0.5, 0.6) is 0 Å². The van der Waals surface area contributed by atoms with Gasteiger partial charge in [0, 0.05) is 24.3 Å². The Morgan fingerprint density at radius 2 is 1.53 bits per heavy atom. The van der Waals surface area contributed by atoms with E-state index < -0.39 is 0 Å². The summed E-state index contributed by atoms with van der Waals surface area (Å²) in [5.41, 5.74) is 1.88. The zero-order valence-electron chi connectivity index (χ0n) is 12.7. The highest BCUT2D eigenvalue weighted by molar-refractivity contribution is 5.84. The second kappa shape index (κ2) is 7.98. The van der Waals surface area contributed by atoms with Crippen LogP contribution in [0.25, 0.3) is 0 Å². The number of hydrogen-bond acceptors (Lipinski definition) is 2. The van der Waals surface area contributed by atoms with E-state index in [9.17, 15) is 4.79 Å². The quantitative estimate of drug-likeness (QED) is 0.646. The highest BCUT2D eigenvalue weighted by atomic mass is 16.1. The normalized spacial score (nSPS) is 11.1. The fourth-order valence-electron chi connectivity index (χ4n) is 2.06. The molecule has 0 fully saturated rings. The summed E-state index contributed by atoms with van der Waals surface area (Å²) in [4.78, 5) is 13.5. The van der Waals surface area contributed by atoms with Crippen LogP contribution in [0, 0.1) is 11.8 Å². The van der Waals surface area contributed by atoms with E-state index in [2.05, 4.69) is 38.7 Å². The summed E-state index contributed by atoms with van der Waals surface area (Å²) >= 11 is 0. The molecule has 0 heterocycles. The Balaban J connectivity index is 2.83. The molecular weight excluding hydrogens is 234 g/mol. The second-order valence-corrected chi connectivity index (χ2v) is 6.03. The molecule has 0 aromatic heterocycles. The molecule has 0 bridgehead atoms. The summed E-state index contributed by atoms with van der Waals surface area (Å²) in [6.45, 7) is 11.0. The van der Waals surface area contributed by atoms with Crippen molar-refractivity contribution in [2.45, 2.75) is 40.5 Å². The Morgan fingerprint density at radius 3 is 2.00 bits per heavy atom. The molecular formula is C17H27NO. The molecule has 0 N–H and O–H groups in total. The van der Waals surface area contributed by atoms with Crippen LogP contribution in [0.2, 0.25) is 0 Å². The first-order valence-electron chi connectivity index (χ1n) is 7.33. The number of para-hydroxylation sites is 1. The number of rotatable bonds is 8.